The molecule has 176 valence electrons. The first kappa shape index (κ1) is 24.1. The number of benzene rings is 2. The minimum Gasteiger partial charge on any atom is -0.497 e. The maximum absolute atomic E-state index is 13.1. The van der Waals surface area contributed by atoms with Gasteiger partial charge in [0.25, 0.3) is 11.8 Å². The van der Waals surface area contributed by atoms with E-state index in [9.17, 15) is 19.2 Å². The van der Waals surface area contributed by atoms with Gasteiger partial charge < -0.3 is 20.1 Å². The van der Waals surface area contributed by atoms with Crippen molar-refractivity contribution in [2.45, 2.75) is 10.9 Å². The third-order valence-corrected chi connectivity index (χ3v) is 6.67. The molecule has 1 aliphatic rings. The van der Waals surface area contributed by atoms with Crippen LogP contribution >= 0.6 is 10.0 Å². The molecule has 0 saturated carbocycles. The van der Waals surface area contributed by atoms with E-state index in [0.29, 0.717) is 21.9 Å². The summed E-state index contributed by atoms with van der Waals surface area (Å²) in [6.07, 6.45) is 5.64. The third-order valence-electron chi connectivity index (χ3n) is 4.99. The van der Waals surface area contributed by atoms with Crippen molar-refractivity contribution in [1.29, 1.82) is 0 Å². The molecule has 1 unspecified atom stereocenters. The molecule has 3 rings (SSSR count). The molecule has 1 saturated heterocycles. The third kappa shape index (κ3) is 6.04. The maximum atomic E-state index is 13.1. The van der Waals surface area contributed by atoms with E-state index < -0.39 is 53.0 Å². The van der Waals surface area contributed by atoms with Gasteiger partial charge in [0.05, 0.1) is 7.11 Å². The van der Waals surface area contributed by atoms with Gasteiger partial charge in [0.15, 0.2) is 6.61 Å². The average molecular weight is 474 g/mol. The number of hydrogen-bond acceptors (Lipinski definition) is 6. The standard InChI is InChI=1S/C23H27N3O6S/c1-31-17-9-5-15(6-10-17)21(25-19(27)13-26-20(28)14-32-23(26)30)22(29)24-16-7-11-18(12-8-16)33(2,3)4/h5-12,21H,13-14H2,1-4H3,(H,24,29)(H,25,27). The van der Waals surface area contributed by atoms with Crippen LogP contribution in [0.25, 0.3) is 0 Å². The molecule has 0 spiro atoms. The van der Waals surface area contributed by atoms with Crippen LogP contribution < -0.4 is 15.4 Å². The second-order valence-corrected chi connectivity index (χ2v) is 12.3. The van der Waals surface area contributed by atoms with Crippen molar-refractivity contribution in [3.8, 4) is 5.75 Å². The van der Waals surface area contributed by atoms with Crippen molar-refractivity contribution < 1.29 is 28.7 Å². The molecule has 2 aromatic rings. The van der Waals surface area contributed by atoms with Gasteiger partial charge in [-0.15, -0.1) is 0 Å². The molecule has 33 heavy (non-hydrogen) atoms. The minimum absolute atomic E-state index is 0.402. The van der Waals surface area contributed by atoms with Gasteiger partial charge in [-0.3, -0.25) is 14.4 Å². The summed E-state index contributed by atoms with van der Waals surface area (Å²) in [4.78, 5) is 51.0. The number of hydrogen-bond donors (Lipinski definition) is 2. The highest BCUT2D eigenvalue weighted by Crippen LogP contribution is 2.45. The number of nitrogens with zero attached hydrogens (tertiary/aromatic N) is 1. The zero-order valence-electron chi connectivity index (χ0n) is 18.9. The highest BCUT2D eigenvalue weighted by Gasteiger charge is 2.34. The molecule has 1 fully saturated rings. The SMILES string of the molecule is COc1ccc(C(NC(=O)CN2C(=O)COC2=O)C(=O)Nc2ccc(S(C)(C)C)cc2)cc1. The largest absolute Gasteiger partial charge is 0.497 e. The lowest BCUT2D eigenvalue weighted by Gasteiger charge is -2.26. The second kappa shape index (κ2) is 9.95. The Kier molecular flexibility index (Phi) is 7.27. The molecule has 9 nitrogen and oxygen atoms in total. The highest BCUT2D eigenvalue weighted by molar-refractivity contribution is 8.32. The van der Waals surface area contributed by atoms with Gasteiger partial charge in [0, 0.05) is 5.69 Å². The lowest BCUT2D eigenvalue weighted by atomic mass is 10.1. The fourth-order valence-electron chi connectivity index (χ4n) is 3.14. The van der Waals surface area contributed by atoms with Gasteiger partial charge in [-0.05, 0) is 65.6 Å². The zero-order chi connectivity index (χ0) is 24.2. The summed E-state index contributed by atoms with van der Waals surface area (Å²) in [5, 5.41) is 5.42. The number of imide groups is 1. The van der Waals surface area contributed by atoms with Crippen LogP contribution in [-0.2, 0) is 19.1 Å². The molecule has 1 aliphatic heterocycles. The van der Waals surface area contributed by atoms with E-state index in [1.165, 1.54) is 12.0 Å². The summed E-state index contributed by atoms with van der Waals surface area (Å²) < 4.78 is 9.78. The van der Waals surface area contributed by atoms with Crippen LogP contribution in [0.15, 0.2) is 53.4 Å². The maximum Gasteiger partial charge on any atom is 0.417 e. The van der Waals surface area contributed by atoms with Crippen LogP contribution in [0.4, 0.5) is 10.5 Å². The highest BCUT2D eigenvalue weighted by atomic mass is 32.3. The summed E-state index contributed by atoms with van der Waals surface area (Å²) in [6, 6.07) is 13.2. The predicted molar refractivity (Wildman–Crippen MR) is 126 cm³/mol. The Morgan fingerprint density at radius 2 is 1.70 bits per heavy atom. The van der Waals surface area contributed by atoms with Gasteiger partial charge in [-0.1, -0.05) is 12.1 Å². The molecule has 2 N–H and O–H groups in total. The second-order valence-electron chi connectivity index (χ2n) is 8.16. The molecule has 1 atom stereocenters. The van der Waals surface area contributed by atoms with Gasteiger partial charge >= 0.3 is 6.09 Å². The van der Waals surface area contributed by atoms with Crippen LogP contribution in [0.2, 0.25) is 0 Å². The quantitative estimate of drug-likeness (QED) is 0.609. The Morgan fingerprint density at radius 3 is 2.21 bits per heavy atom. The first-order valence-corrected chi connectivity index (χ1v) is 12.9. The van der Waals surface area contributed by atoms with Gasteiger partial charge in [0.1, 0.15) is 18.3 Å². The Morgan fingerprint density at radius 1 is 1.06 bits per heavy atom. The Hall–Kier alpha value is -3.53. The molecule has 10 heteroatoms. The summed E-state index contributed by atoms with van der Waals surface area (Å²) in [7, 11) is 0.622. The fourth-order valence-corrected chi connectivity index (χ4v) is 4.09. The van der Waals surface area contributed by atoms with Gasteiger partial charge in [0.2, 0.25) is 5.91 Å². The number of ether oxygens (including phenoxy) is 2. The van der Waals surface area contributed by atoms with Crippen LogP contribution in [0, 0.1) is 0 Å². The number of carbonyl (C=O) groups is 4. The van der Waals surface area contributed by atoms with Crippen molar-refractivity contribution in [3.05, 3.63) is 54.1 Å². The molecule has 2 aromatic carbocycles. The number of cyclic esters (lactones) is 1. The number of anilines is 1. The predicted octanol–water partition coefficient (Wildman–Crippen LogP) is 2.52. The smallest absolute Gasteiger partial charge is 0.417 e. The van der Waals surface area contributed by atoms with Crippen LogP contribution in [-0.4, -0.2) is 67.7 Å². The van der Waals surface area contributed by atoms with Crippen LogP contribution in [0.3, 0.4) is 0 Å². The summed E-state index contributed by atoms with van der Waals surface area (Å²) in [5.41, 5.74) is 1.09. The van der Waals surface area contributed by atoms with E-state index in [-0.39, 0.29) is 0 Å². The van der Waals surface area contributed by atoms with E-state index in [2.05, 4.69) is 34.1 Å². The topological polar surface area (TPSA) is 114 Å². The van der Waals surface area contributed by atoms with E-state index >= 15 is 0 Å². The summed E-state index contributed by atoms with van der Waals surface area (Å²) >= 11 is 0. The summed E-state index contributed by atoms with van der Waals surface area (Å²) in [6.45, 7) is -0.943. The van der Waals surface area contributed by atoms with E-state index in [1.807, 2.05) is 24.3 Å². The lowest BCUT2D eigenvalue weighted by molar-refractivity contribution is -0.132. The first-order valence-electron chi connectivity index (χ1n) is 10.1. The van der Waals surface area contributed by atoms with E-state index in [1.54, 1.807) is 24.3 Å². The number of methoxy groups -OCH3 is 1. The average Bonchev–Trinajstić information content (AvgIpc) is 3.09. The molecular formula is C23H27N3O6S. The monoisotopic (exact) mass is 473 g/mol. The van der Waals surface area contributed by atoms with E-state index in [4.69, 9.17) is 4.74 Å². The molecule has 0 bridgehead atoms. The van der Waals surface area contributed by atoms with Crippen molar-refractivity contribution >= 4 is 39.5 Å². The van der Waals surface area contributed by atoms with Gasteiger partial charge in [-0.2, -0.15) is 0 Å². The number of rotatable bonds is 8. The van der Waals surface area contributed by atoms with Crippen molar-refractivity contribution in [2.75, 3.05) is 44.3 Å². The summed E-state index contributed by atoms with van der Waals surface area (Å²) in [5.74, 6) is -1.17. The normalized spacial score (nSPS) is 15.0. The molecule has 0 aromatic heterocycles. The lowest BCUT2D eigenvalue weighted by Crippen LogP contribution is -2.44. The van der Waals surface area contributed by atoms with E-state index in [0.717, 1.165) is 0 Å². The molecule has 0 radical (unpaired) electrons. The van der Waals surface area contributed by atoms with Gasteiger partial charge in [-0.25, -0.2) is 19.7 Å². The Labute approximate surface area is 193 Å². The molecule has 1 heterocycles. The fraction of sp³-hybridized carbons (Fsp3) is 0.304. The molecule has 4 amide bonds. The number of nitrogens with one attached hydrogen (secondary N) is 2. The number of carbonyl (C=O) groups excluding carboxylic acids is 4. The molecule has 0 aliphatic carbocycles. The Balaban J connectivity index is 1.78. The van der Waals surface area contributed by atoms with Crippen molar-refractivity contribution in [1.82, 2.24) is 10.2 Å². The van der Waals surface area contributed by atoms with Crippen LogP contribution in [0.5, 0.6) is 5.75 Å². The van der Waals surface area contributed by atoms with Crippen molar-refractivity contribution in [2.24, 2.45) is 0 Å². The zero-order valence-corrected chi connectivity index (χ0v) is 19.7. The molecular weight excluding hydrogens is 446 g/mol. The minimum atomic E-state index is -1.06. The Bertz CT molecular complexity index is 1030. The number of amides is 4. The van der Waals surface area contributed by atoms with Crippen LogP contribution in [0.1, 0.15) is 11.6 Å². The first-order chi connectivity index (χ1) is 15.6. The van der Waals surface area contributed by atoms with Crippen molar-refractivity contribution in [3.63, 3.8) is 0 Å².